The van der Waals surface area contributed by atoms with Gasteiger partial charge < -0.3 is 15.0 Å². The lowest BCUT2D eigenvalue weighted by Crippen LogP contribution is -2.06. The number of rotatable bonds is 6. The first kappa shape index (κ1) is 18.0. The van der Waals surface area contributed by atoms with Gasteiger partial charge in [0.05, 0.1) is 18.4 Å². The van der Waals surface area contributed by atoms with Crippen LogP contribution in [0.15, 0.2) is 67.1 Å². The number of methoxy groups -OCH3 is 1. The van der Waals surface area contributed by atoms with Crippen LogP contribution in [0.25, 0.3) is 22.6 Å². The van der Waals surface area contributed by atoms with Gasteiger partial charge in [-0.05, 0) is 18.2 Å². The molecule has 0 bridgehead atoms. The number of ether oxygens (including phenoxy) is 1. The molecule has 0 aliphatic carbocycles. The van der Waals surface area contributed by atoms with Crippen LogP contribution in [0.4, 0.5) is 5.95 Å². The maximum absolute atomic E-state index is 6.04. The third-order valence-electron chi connectivity index (χ3n) is 4.29. The highest BCUT2D eigenvalue weighted by atomic mass is 35.5. The first-order valence-electron chi connectivity index (χ1n) is 8.73. The molecule has 6 nitrogen and oxygen atoms in total. The van der Waals surface area contributed by atoms with E-state index in [-0.39, 0.29) is 0 Å². The van der Waals surface area contributed by atoms with Gasteiger partial charge in [-0.15, -0.1) is 0 Å². The molecular weight excluding hydrogens is 374 g/mol. The summed E-state index contributed by atoms with van der Waals surface area (Å²) in [4.78, 5) is 16.6. The van der Waals surface area contributed by atoms with E-state index in [4.69, 9.17) is 21.3 Å². The maximum Gasteiger partial charge on any atom is 0.223 e. The summed E-state index contributed by atoms with van der Waals surface area (Å²) in [6, 6.07) is 15.4. The summed E-state index contributed by atoms with van der Waals surface area (Å²) in [5, 5.41) is 3.94. The zero-order valence-electron chi connectivity index (χ0n) is 15.2. The lowest BCUT2D eigenvalue weighted by molar-refractivity contribution is 0.410. The van der Waals surface area contributed by atoms with E-state index in [0.717, 1.165) is 28.1 Å². The van der Waals surface area contributed by atoms with Gasteiger partial charge in [-0.25, -0.2) is 15.0 Å². The van der Waals surface area contributed by atoms with Gasteiger partial charge in [-0.3, -0.25) is 0 Å². The second kappa shape index (κ2) is 8.10. The zero-order valence-corrected chi connectivity index (χ0v) is 15.9. The third-order valence-corrected chi connectivity index (χ3v) is 4.54. The van der Waals surface area contributed by atoms with Crippen molar-refractivity contribution in [1.82, 2.24) is 19.9 Å². The molecule has 2 aromatic heterocycles. The second-order valence-corrected chi connectivity index (χ2v) is 6.50. The van der Waals surface area contributed by atoms with Crippen molar-refractivity contribution in [2.45, 2.75) is 6.54 Å². The van der Waals surface area contributed by atoms with E-state index in [2.05, 4.69) is 20.3 Å². The number of hydrogen-bond acceptors (Lipinski definition) is 5. The fraction of sp³-hybridized carbons (Fsp3) is 0.0952. The average molecular weight is 392 g/mol. The van der Waals surface area contributed by atoms with E-state index in [1.165, 1.54) is 0 Å². The highest BCUT2D eigenvalue weighted by molar-refractivity contribution is 6.30. The number of benzene rings is 2. The molecule has 140 valence electrons. The van der Waals surface area contributed by atoms with Gasteiger partial charge in [0.1, 0.15) is 11.6 Å². The van der Waals surface area contributed by atoms with Crippen LogP contribution in [0.2, 0.25) is 5.02 Å². The molecule has 4 aromatic rings. The van der Waals surface area contributed by atoms with Crippen molar-refractivity contribution in [3.8, 4) is 28.4 Å². The predicted octanol–water partition coefficient (Wildman–Crippen LogP) is 4.81. The fourth-order valence-corrected chi connectivity index (χ4v) is 3.03. The highest BCUT2D eigenvalue weighted by Crippen LogP contribution is 2.30. The standard InChI is InChI=1S/C21H18ClN5O/c1-28-18-5-3-2-4-15(18)12-25-21-26-13-17(20-23-10-11-24-20)19(27-21)14-6-8-16(22)9-7-14/h2-11,13H,12H2,1H3,(H,23,24)(H,25,26,27). The molecule has 0 spiro atoms. The number of para-hydroxylation sites is 1. The molecule has 0 fully saturated rings. The van der Waals surface area contributed by atoms with Crippen LogP contribution in [-0.2, 0) is 6.54 Å². The Morgan fingerprint density at radius 3 is 2.64 bits per heavy atom. The number of imidazole rings is 1. The van der Waals surface area contributed by atoms with E-state index in [1.807, 2.05) is 48.5 Å². The minimum Gasteiger partial charge on any atom is -0.496 e. The SMILES string of the molecule is COc1ccccc1CNc1ncc(-c2ncc[nH]2)c(-c2ccc(Cl)cc2)n1. The Balaban J connectivity index is 1.68. The smallest absolute Gasteiger partial charge is 0.223 e. The fourth-order valence-electron chi connectivity index (χ4n) is 2.90. The monoisotopic (exact) mass is 391 g/mol. The number of aromatic nitrogens is 4. The largest absolute Gasteiger partial charge is 0.496 e. The number of halogens is 1. The van der Waals surface area contributed by atoms with Crippen molar-refractivity contribution in [3.63, 3.8) is 0 Å². The Labute approximate surface area is 167 Å². The molecule has 2 aromatic carbocycles. The number of nitrogens with one attached hydrogen (secondary N) is 2. The Kier molecular flexibility index (Phi) is 5.21. The predicted molar refractivity (Wildman–Crippen MR) is 110 cm³/mol. The van der Waals surface area contributed by atoms with Gasteiger partial charge in [-0.2, -0.15) is 0 Å². The van der Waals surface area contributed by atoms with Crippen molar-refractivity contribution in [2.75, 3.05) is 12.4 Å². The summed E-state index contributed by atoms with van der Waals surface area (Å²) in [7, 11) is 1.66. The van der Waals surface area contributed by atoms with E-state index >= 15 is 0 Å². The molecule has 0 aliphatic rings. The molecule has 2 N–H and O–H groups in total. The van der Waals surface area contributed by atoms with Crippen LogP contribution in [0.3, 0.4) is 0 Å². The van der Waals surface area contributed by atoms with Crippen molar-refractivity contribution in [2.24, 2.45) is 0 Å². The molecule has 0 saturated carbocycles. The van der Waals surface area contributed by atoms with Gasteiger partial charge in [0.15, 0.2) is 0 Å². The topological polar surface area (TPSA) is 75.7 Å². The van der Waals surface area contributed by atoms with Crippen LogP contribution in [0, 0.1) is 0 Å². The molecule has 4 rings (SSSR count). The minimum atomic E-state index is 0.520. The van der Waals surface area contributed by atoms with Crippen molar-refractivity contribution in [3.05, 3.63) is 77.7 Å². The van der Waals surface area contributed by atoms with Gasteiger partial charge in [0.2, 0.25) is 5.95 Å². The molecule has 0 unspecified atom stereocenters. The van der Waals surface area contributed by atoms with E-state index in [9.17, 15) is 0 Å². The van der Waals surface area contributed by atoms with Gasteiger partial charge in [0, 0.05) is 41.3 Å². The Hall–Kier alpha value is -3.38. The lowest BCUT2D eigenvalue weighted by atomic mass is 10.1. The molecule has 7 heteroatoms. The number of aromatic amines is 1. The number of anilines is 1. The molecular formula is C21H18ClN5O. The molecule has 0 aliphatic heterocycles. The zero-order chi connectivity index (χ0) is 19.3. The summed E-state index contributed by atoms with van der Waals surface area (Å²) in [5.74, 6) is 2.05. The van der Waals surface area contributed by atoms with Gasteiger partial charge >= 0.3 is 0 Å². The molecule has 0 atom stereocenters. The lowest BCUT2D eigenvalue weighted by Gasteiger charge is -2.12. The highest BCUT2D eigenvalue weighted by Gasteiger charge is 2.14. The van der Waals surface area contributed by atoms with Crippen molar-refractivity contribution in [1.29, 1.82) is 0 Å². The summed E-state index contributed by atoms with van der Waals surface area (Å²) < 4.78 is 5.40. The molecule has 0 saturated heterocycles. The molecule has 0 radical (unpaired) electrons. The first-order chi connectivity index (χ1) is 13.7. The maximum atomic E-state index is 6.04. The first-order valence-corrected chi connectivity index (χ1v) is 9.11. The Bertz CT molecular complexity index is 1060. The van der Waals surface area contributed by atoms with E-state index in [0.29, 0.717) is 23.3 Å². The molecule has 0 amide bonds. The van der Waals surface area contributed by atoms with Gasteiger partial charge in [0.25, 0.3) is 0 Å². The number of hydrogen-bond donors (Lipinski definition) is 2. The summed E-state index contributed by atoms with van der Waals surface area (Å²) in [5.41, 5.74) is 3.54. The van der Waals surface area contributed by atoms with E-state index < -0.39 is 0 Å². The second-order valence-electron chi connectivity index (χ2n) is 6.07. The van der Waals surface area contributed by atoms with Crippen LogP contribution in [0.1, 0.15) is 5.56 Å². The van der Waals surface area contributed by atoms with Crippen molar-refractivity contribution < 1.29 is 4.74 Å². The Morgan fingerprint density at radius 1 is 1.07 bits per heavy atom. The third kappa shape index (κ3) is 3.82. The van der Waals surface area contributed by atoms with Gasteiger partial charge in [-0.1, -0.05) is 41.9 Å². The van der Waals surface area contributed by atoms with Crippen LogP contribution in [-0.4, -0.2) is 27.0 Å². The van der Waals surface area contributed by atoms with Crippen LogP contribution >= 0.6 is 11.6 Å². The quantitative estimate of drug-likeness (QED) is 0.493. The molecule has 2 heterocycles. The normalized spacial score (nSPS) is 10.6. The van der Waals surface area contributed by atoms with Crippen LogP contribution in [0.5, 0.6) is 5.75 Å². The average Bonchev–Trinajstić information content (AvgIpc) is 3.27. The molecule has 28 heavy (non-hydrogen) atoms. The van der Waals surface area contributed by atoms with E-state index in [1.54, 1.807) is 25.7 Å². The summed E-state index contributed by atoms with van der Waals surface area (Å²) >= 11 is 6.04. The summed E-state index contributed by atoms with van der Waals surface area (Å²) in [6.07, 6.45) is 5.24. The number of H-pyrrole nitrogens is 1. The summed E-state index contributed by atoms with van der Waals surface area (Å²) in [6.45, 7) is 0.546. The minimum absolute atomic E-state index is 0.520. The van der Waals surface area contributed by atoms with Crippen LogP contribution < -0.4 is 10.1 Å². The number of nitrogens with zero attached hydrogens (tertiary/aromatic N) is 3. The Morgan fingerprint density at radius 2 is 1.89 bits per heavy atom. The van der Waals surface area contributed by atoms with Crippen molar-refractivity contribution >= 4 is 17.5 Å².